The van der Waals surface area contributed by atoms with Crippen LogP contribution in [-0.2, 0) is 4.74 Å². The second-order valence-electron chi connectivity index (χ2n) is 4.30. The summed E-state index contributed by atoms with van der Waals surface area (Å²) in [6.07, 6.45) is 5.04. The summed E-state index contributed by atoms with van der Waals surface area (Å²) < 4.78 is 5.71. The van der Waals surface area contributed by atoms with E-state index in [0.29, 0.717) is 6.10 Å². The van der Waals surface area contributed by atoms with Crippen LogP contribution < -0.4 is 5.73 Å². The Hall–Kier alpha value is -0.380. The number of ether oxygens (including phenoxy) is 1. The van der Waals surface area contributed by atoms with Gasteiger partial charge in [-0.15, -0.1) is 11.3 Å². The summed E-state index contributed by atoms with van der Waals surface area (Å²) in [7, 11) is 0. The lowest BCUT2D eigenvalue weighted by atomic mass is 10.0. The molecular weight excluding hydrogens is 206 g/mol. The summed E-state index contributed by atoms with van der Waals surface area (Å²) in [6, 6.07) is 2.30. The molecule has 2 atom stereocenters. The van der Waals surface area contributed by atoms with Gasteiger partial charge in [0.2, 0.25) is 0 Å². The molecule has 1 fully saturated rings. The van der Waals surface area contributed by atoms with Crippen LogP contribution in [0, 0.1) is 6.92 Å². The third-order valence-electron chi connectivity index (χ3n) is 3.03. The molecule has 2 rings (SSSR count). The summed E-state index contributed by atoms with van der Waals surface area (Å²) in [5.41, 5.74) is 7.52. The van der Waals surface area contributed by atoms with Crippen molar-refractivity contribution in [1.82, 2.24) is 0 Å². The zero-order valence-corrected chi connectivity index (χ0v) is 10.1. The van der Waals surface area contributed by atoms with E-state index in [9.17, 15) is 0 Å². The predicted octanol–water partition coefficient (Wildman–Crippen LogP) is 3.02. The molecule has 15 heavy (non-hydrogen) atoms. The largest absolute Gasteiger partial charge is 0.378 e. The van der Waals surface area contributed by atoms with Gasteiger partial charge < -0.3 is 10.5 Å². The molecule has 1 saturated heterocycles. The zero-order chi connectivity index (χ0) is 10.7. The standard InChI is InChI=1S/C12H19NOS/c1-9-5-7-15-12(9)11(13)8-10-4-2-3-6-14-10/h5,7,10-11H,2-4,6,8,13H2,1H3. The summed E-state index contributed by atoms with van der Waals surface area (Å²) >= 11 is 1.77. The Kier molecular flexibility index (Phi) is 3.78. The second-order valence-corrected chi connectivity index (χ2v) is 5.25. The van der Waals surface area contributed by atoms with Gasteiger partial charge in [-0.05, 0) is 49.6 Å². The van der Waals surface area contributed by atoms with Crippen molar-refractivity contribution in [2.24, 2.45) is 5.73 Å². The molecule has 2 N–H and O–H groups in total. The molecule has 1 aliphatic heterocycles. The third-order valence-corrected chi connectivity index (χ3v) is 4.18. The predicted molar refractivity (Wildman–Crippen MR) is 64.2 cm³/mol. The van der Waals surface area contributed by atoms with Crippen molar-refractivity contribution in [3.8, 4) is 0 Å². The quantitative estimate of drug-likeness (QED) is 0.858. The van der Waals surface area contributed by atoms with Gasteiger partial charge in [0.05, 0.1) is 6.10 Å². The Bertz CT molecular complexity index is 304. The first-order valence-electron chi connectivity index (χ1n) is 5.68. The molecule has 2 nitrogen and oxygen atoms in total. The smallest absolute Gasteiger partial charge is 0.0593 e. The number of hydrogen-bond acceptors (Lipinski definition) is 3. The Morgan fingerprint density at radius 1 is 1.60 bits per heavy atom. The highest BCUT2D eigenvalue weighted by Gasteiger charge is 2.19. The highest BCUT2D eigenvalue weighted by Crippen LogP contribution is 2.28. The van der Waals surface area contributed by atoms with E-state index < -0.39 is 0 Å². The SMILES string of the molecule is Cc1ccsc1C(N)CC1CCCCO1. The fourth-order valence-electron chi connectivity index (χ4n) is 2.15. The molecule has 0 amide bonds. The van der Waals surface area contributed by atoms with E-state index >= 15 is 0 Å². The first kappa shape index (κ1) is 11.1. The van der Waals surface area contributed by atoms with Crippen molar-refractivity contribution in [2.75, 3.05) is 6.61 Å². The van der Waals surface area contributed by atoms with Crippen LogP contribution in [0.3, 0.4) is 0 Å². The minimum Gasteiger partial charge on any atom is -0.378 e. The number of rotatable bonds is 3. The zero-order valence-electron chi connectivity index (χ0n) is 9.24. The van der Waals surface area contributed by atoms with Crippen LogP contribution in [0.2, 0.25) is 0 Å². The van der Waals surface area contributed by atoms with Crippen molar-refractivity contribution in [1.29, 1.82) is 0 Å². The molecular formula is C12H19NOS. The van der Waals surface area contributed by atoms with Gasteiger partial charge in [-0.2, -0.15) is 0 Å². The Balaban J connectivity index is 1.91. The monoisotopic (exact) mass is 225 g/mol. The van der Waals surface area contributed by atoms with E-state index in [4.69, 9.17) is 10.5 Å². The molecule has 1 aromatic heterocycles. The van der Waals surface area contributed by atoms with Crippen molar-refractivity contribution in [3.63, 3.8) is 0 Å². The van der Waals surface area contributed by atoms with E-state index in [-0.39, 0.29) is 6.04 Å². The molecule has 1 aromatic rings. The lowest BCUT2D eigenvalue weighted by molar-refractivity contribution is 0.00745. The highest BCUT2D eigenvalue weighted by molar-refractivity contribution is 7.10. The molecule has 0 aromatic carbocycles. The van der Waals surface area contributed by atoms with E-state index in [1.54, 1.807) is 11.3 Å². The summed E-state index contributed by atoms with van der Waals surface area (Å²) in [6.45, 7) is 3.05. The third kappa shape index (κ3) is 2.80. The van der Waals surface area contributed by atoms with Crippen molar-refractivity contribution >= 4 is 11.3 Å². The Morgan fingerprint density at radius 2 is 2.47 bits per heavy atom. The molecule has 0 bridgehead atoms. The van der Waals surface area contributed by atoms with Gasteiger partial charge >= 0.3 is 0 Å². The molecule has 2 unspecified atom stereocenters. The fourth-order valence-corrected chi connectivity index (χ4v) is 3.09. The molecule has 84 valence electrons. The number of nitrogens with two attached hydrogens (primary N) is 1. The van der Waals surface area contributed by atoms with Gasteiger partial charge in [0.25, 0.3) is 0 Å². The topological polar surface area (TPSA) is 35.2 Å². The molecule has 0 radical (unpaired) electrons. The van der Waals surface area contributed by atoms with Gasteiger partial charge in [0.1, 0.15) is 0 Å². The second kappa shape index (κ2) is 5.10. The van der Waals surface area contributed by atoms with E-state index in [0.717, 1.165) is 13.0 Å². The lowest BCUT2D eigenvalue weighted by Crippen LogP contribution is -2.24. The molecule has 0 spiro atoms. The van der Waals surface area contributed by atoms with Crippen LogP contribution in [0.4, 0.5) is 0 Å². The fraction of sp³-hybridized carbons (Fsp3) is 0.667. The molecule has 2 heterocycles. The van der Waals surface area contributed by atoms with Crippen molar-refractivity contribution in [3.05, 3.63) is 21.9 Å². The summed E-state index contributed by atoms with van der Waals surface area (Å²) in [4.78, 5) is 1.32. The highest BCUT2D eigenvalue weighted by atomic mass is 32.1. The van der Waals surface area contributed by atoms with Gasteiger partial charge in [0.15, 0.2) is 0 Å². The number of hydrogen-bond donors (Lipinski definition) is 1. The van der Waals surface area contributed by atoms with Crippen LogP contribution >= 0.6 is 11.3 Å². The van der Waals surface area contributed by atoms with E-state index in [2.05, 4.69) is 18.4 Å². The van der Waals surface area contributed by atoms with E-state index in [1.165, 1.54) is 29.7 Å². The van der Waals surface area contributed by atoms with Gasteiger partial charge in [-0.1, -0.05) is 0 Å². The van der Waals surface area contributed by atoms with Gasteiger partial charge in [0, 0.05) is 17.5 Å². The first-order valence-corrected chi connectivity index (χ1v) is 6.56. The molecule has 3 heteroatoms. The average Bonchev–Trinajstić information content (AvgIpc) is 2.66. The Morgan fingerprint density at radius 3 is 3.07 bits per heavy atom. The normalized spacial score (nSPS) is 24.0. The van der Waals surface area contributed by atoms with Crippen LogP contribution in [0.1, 0.15) is 42.2 Å². The first-order chi connectivity index (χ1) is 7.27. The van der Waals surface area contributed by atoms with Gasteiger partial charge in [-0.25, -0.2) is 0 Å². The maximum absolute atomic E-state index is 6.20. The van der Waals surface area contributed by atoms with Crippen LogP contribution in [0.5, 0.6) is 0 Å². The van der Waals surface area contributed by atoms with Crippen molar-refractivity contribution in [2.45, 2.75) is 44.8 Å². The van der Waals surface area contributed by atoms with Crippen molar-refractivity contribution < 1.29 is 4.74 Å². The molecule has 0 aliphatic carbocycles. The van der Waals surface area contributed by atoms with E-state index in [1.807, 2.05) is 0 Å². The average molecular weight is 225 g/mol. The number of aryl methyl sites for hydroxylation is 1. The molecule has 0 saturated carbocycles. The van der Waals surface area contributed by atoms with Crippen LogP contribution in [0.15, 0.2) is 11.4 Å². The Labute approximate surface area is 95.4 Å². The molecule has 1 aliphatic rings. The van der Waals surface area contributed by atoms with Crippen LogP contribution in [0.25, 0.3) is 0 Å². The summed E-state index contributed by atoms with van der Waals surface area (Å²) in [5, 5.41) is 2.12. The number of thiophene rings is 1. The maximum Gasteiger partial charge on any atom is 0.0593 e. The van der Waals surface area contributed by atoms with Crippen LogP contribution in [-0.4, -0.2) is 12.7 Å². The summed E-state index contributed by atoms with van der Waals surface area (Å²) in [5.74, 6) is 0. The minimum atomic E-state index is 0.160. The maximum atomic E-state index is 6.20. The minimum absolute atomic E-state index is 0.160. The van der Waals surface area contributed by atoms with Gasteiger partial charge in [-0.3, -0.25) is 0 Å². The lowest BCUT2D eigenvalue weighted by Gasteiger charge is -2.25.